The summed E-state index contributed by atoms with van der Waals surface area (Å²) < 4.78 is 26.6. The van der Waals surface area contributed by atoms with E-state index >= 15 is 0 Å². The largest absolute Gasteiger partial charge is 0.507 e. The maximum absolute atomic E-state index is 12.5. The number of nitrogens with zero attached hydrogens (tertiary/aromatic N) is 3. The van der Waals surface area contributed by atoms with E-state index in [1.165, 1.54) is 141 Å². The van der Waals surface area contributed by atoms with Crippen LogP contribution in [0.4, 0.5) is 0 Å². The number of aromatic hydroxyl groups is 1. The van der Waals surface area contributed by atoms with Gasteiger partial charge in [0, 0.05) is 17.2 Å². The molecule has 0 amide bonds. The van der Waals surface area contributed by atoms with Crippen molar-refractivity contribution in [2.45, 2.75) is 260 Å². The molecule has 1 aromatic heterocycles. The first kappa shape index (κ1) is 61.7. The molecule has 0 saturated carbocycles. The van der Waals surface area contributed by atoms with Crippen LogP contribution in [-0.4, -0.2) is 56.7 Å². The standard InChI is InChI=1S/C64H101N3O6/c1-9-12-15-18-21-24-27-30-33-36-45-70-63(8,69)64(71-46-37-34-31-28-25-22-19-16-13-10-2,72-47-38-35-32-29-26-23-20-17-14-11-3)73-55-41-44-58(59(68)50-55)62-66-60(56-42-39-51(4)48-53(56)6)65-61(67-62)57-43-40-52(5)49-54(57)7/h39-44,48-50,68-69H,9-38,45-47H2,1-8H3. The topological polar surface area (TPSA) is 116 Å². The third kappa shape index (κ3) is 22.5. The van der Waals surface area contributed by atoms with Gasteiger partial charge in [-0.1, -0.05) is 242 Å². The summed E-state index contributed by atoms with van der Waals surface area (Å²) >= 11 is 0. The van der Waals surface area contributed by atoms with Gasteiger partial charge in [-0.2, -0.15) is 0 Å². The number of aromatic nitrogens is 3. The van der Waals surface area contributed by atoms with Crippen molar-refractivity contribution in [1.29, 1.82) is 0 Å². The van der Waals surface area contributed by atoms with Gasteiger partial charge in [0.2, 0.25) is 0 Å². The van der Waals surface area contributed by atoms with Crippen molar-refractivity contribution >= 4 is 0 Å². The first-order valence-electron chi connectivity index (χ1n) is 29.5. The zero-order chi connectivity index (χ0) is 52.6. The van der Waals surface area contributed by atoms with Crippen molar-refractivity contribution in [1.82, 2.24) is 15.0 Å². The third-order valence-electron chi connectivity index (χ3n) is 14.4. The molecule has 0 radical (unpaired) electrons. The van der Waals surface area contributed by atoms with Crippen LogP contribution in [0.1, 0.15) is 243 Å². The summed E-state index contributed by atoms with van der Waals surface area (Å²) in [5.41, 5.74) is 6.60. The predicted octanol–water partition coefficient (Wildman–Crippen LogP) is 18.4. The van der Waals surface area contributed by atoms with Crippen molar-refractivity contribution < 1.29 is 29.2 Å². The maximum atomic E-state index is 12.5. The lowest BCUT2D eigenvalue weighted by atomic mass is 10.0. The van der Waals surface area contributed by atoms with E-state index in [0.717, 1.165) is 91.2 Å². The Hall–Kier alpha value is -3.89. The van der Waals surface area contributed by atoms with Gasteiger partial charge in [-0.05, 0) is 77.1 Å². The van der Waals surface area contributed by atoms with E-state index in [1.54, 1.807) is 19.1 Å². The fourth-order valence-corrected chi connectivity index (χ4v) is 9.79. The van der Waals surface area contributed by atoms with Crippen LogP contribution in [0, 0.1) is 27.7 Å². The van der Waals surface area contributed by atoms with Crippen molar-refractivity contribution in [3.63, 3.8) is 0 Å². The van der Waals surface area contributed by atoms with Crippen LogP contribution < -0.4 is 4.74 Å². The van der Waals surface area contributed by atoms with Crippen LogP contribution in [-0.2, 0) is 14.2 Å². The summed E-state index contributed by atoms with van der Waals surface area (Å²) in [6, 6.07) is 17.5. The zero-order valence-electron chi connectivity index (χ0n) is 47.4. The molecule has 1 unspecified atom stereocenters. The summed E-state index contributed by atoms with van der Waals surface area (Å²) in [6.07, 6.45) is 35.7. The smallest absolute Gasteiger partial charge is 0.384 e. The first-order valence-corrected chi connectivity index (χ1v) is 29.5. The number of hydrogen-bond acceptors (Lipinski definition) is 9. The molecule has 0 spiro atoms. The quantitative estimate of drug-likeness (QED) is 0.0331. The number of hydrogen-bond donors (Lipinski definition) is 2. The number of phenolic OH excluding ortho intramolecular Hbond substituents is 1. The Balaban J connectivity index is 1.61. The van der Waals surface area contributed by atoms with Crippen LogP contribution in [0.25, 0.3) is 34.2 Å². The first-order chi connectivity index (χ1) is 35.4. The number of aliphatic hydroxyl groups is 1. The van der Waals surface area contributed by atoms with Gasteiger partial charge in [0.15, 0.2) is 17.5 Å². The number of benzene rings is 3. The second kappa shape index (κ2) is 35.4. The van der Waals surface area contributed by atoms with Crippen molar-refractivity contribution in [2.24, 2.45) is 0 Å². The van der Waals surface area contributed by atoms with Crippen LogP contribution in [0.2, 0.25) is 0 Å². The number of phenols is 1. The third-order valence-corrected chi connectivity index (χ3v) is 14.4. The second-order valence-electron chi connectivity index (χ2n) is 21.4. The van der Waals surface area contributed by atoms with Crippen LogP contribution in [0.5, 0.6) is 11.5 Å². The van der Waals surface area contributed by atoms with Gasteiger partial charge >= 0.3 is 5.97 Å². The molecule has 408 valence electrons. The van der Waals surface area contributed by atoms with E-state index in [1.807, 2.05) is 12.1 Å². The van der Waals surface area contributed by atoms with Crippen molar-refractivity contribution in [2.75, 3.05) is 19.8 Å². The molecule has 4 rings (SSSR count). The van der Waals surface area contributed by atoms with Crippen LogP contribution >= 0.6 is 0 Å². The minimum Gasteiger partial charge on any atom is -0.507 e. The lowest BCUT2D eigenvalue weighted by molar-refractivity contribution is -0.463. The predicted molar refractivity (Wildman–Crippen MR) is 304 cm³/mol. The molecular weight excluding hydrogens is 907 g/mol. The molecule has 2 N–H and O–H groups in total. The molecule has 9 heteroatoms. The van der Waals surface area contributed by atoms with Gasteiger partial charge in [0.1, 0.15) is 11.5 Å². The highest BCUT2D eigenvalue weighted by molar-refractivity contribution is 5.72. The average molecular weight is 1010 g/mol. The fraction of sp³-hybridized carbons (Fsp3) is 0.672. The molecule has 9 nitrogen and oxygen atoms in total. The molecular formula is C64H101N3O6. The Morgan fingerprint density at radius 2 is 0.712 bits per heavy atom. The molecule has 1 heterocycles. The molecule has 3 aromatic carbocycles. The van der Waals surface area contributed by atoms with Crippen molar-refractivity contribution in [3.8, 4) is 45.7 Å². The Bertz CT molecular complexity index is 2010. The van der Waals surface area contributed by atoms with E-state index in [2.05, 4.69) is 72.7 Å². The zero-order valence-corrected chi connectivity index (χ0v) is 47.4. The van der Waals surface area contributed by atoms with E-state index in [0.29, 0.717) is 42.9 Å². The van der Waals surface area contributed by atoms with Gasteiger partial charge < -0.3 is 29.2 Å². The second-order valence-corrected chi connectivity index (χ2v) is 21.4. The summed E-state index contributed by atoms with van der Waals surface area (Å²) in [6.45, 7) is 17.6. The lowest BCUT2D eigenvalue weighted by Crippen LogP contribution is -2.62. The molecule has 0 bridgehead atoms. The maximum Gasteiger partial charge on any atom is 0.384 e. The van der Waals surface area contributed by atoms with Gasteiger partial charge in [0.05, 0.1) is 25.4 Å². The van der Waals surface area contributed by atoms with Crippen LogP contribution in [0.3, 0.4) is 0 Å². The molecule has 0 fully saturated rings. The molecule has 73 heavy (non-hydrogen) atoms. The number of unbranched alkanes of at least 4 members (excludes halogenated alkanes) is 27. The molecule has 1 atom stereocenters. The van der Waals surface area contributed by atoms with Gasteiger partial charge in [-0.15, -0.1) is 0 Å². The van der Waals surface area contributed by atoms with Crippen LogP contribution in [0.15, 0.2) is 54.6 Å². The van der Waals surface area contributed by atoms with E-state index < -0.39 is 11.8 Å². The van der Waals surface area contributed by atoms with E-state index in [4.69, 9.17) is 33.9 Å². The average Bonchev–Trinajstić information content (AvgIpc) is 3.36. The highest BCUT2D eigenvalue weighted by Gasteiger charge is 2.55. The summed E-state index contributed by atoms with van der Waals surface area (Å²) in [4.78, 5) is 15.0. The highest BCUT2D eigenvalue weighted by atomic mass is 16.9. The van der Waals surface area contributed by atoms with Gasteiger partial charge in [-0.3, -0.25) is 0 Å². The SMILES string of the molecule is CCCCCCCCCCCCOC(C)(O)C(OCCCCCCCCCCCC)(OCCCCCCCCCCCC)Oc1ccc(-c2nc(-c3ccc(C)cc3C)nc(-c3ccc(C)cc3C)n2)c(O)c1. The van der Waals surface area contributed by atoms with Crippen molar-refractivity contribution in [3.05, 3.63) is 76.9 Å². The van der Waals surface area contributed by atoms with E-state index in [9.17, 15) is 10.2 Å². The minimum atomic E-state index is -2.02. The highest BCUT2D eigenvalue weighted by Crippen LogP contribution is 2.39. The summed E-state index contributed by atoms with van der Waals surface area (Å²) in [5.74, 6) is -2.47. The normalized spacial score (nSPS) is 12.7. The Morgan fingerprint density at radius 3 is 1.05 bits per heavy atom. The molecule has 0 saturated heterocycles. The van der Waals surface area contributed by atoms with Gasteiger partial charge in [0.25, 0.3) is 5.79 Å². The fourth-order valence-electron chi connectivity index (χ4n) is 9.79. The molecule has 4 aromatic rings. The molecule has 0 aliphatic heterocycles. The number of ether oxygens (including phenoxy) is 4. The number of rotatable bonds is 42. The molecule has 0 aliphatic rings. The Kier molecular flexibility index (Phi) is 29.9. The summed E-state index contributed by atoms with van der Waals surface area (Å²) in [7, 11) is 0. The lowest BCUT2D eigenvalue weighted by Gasteiger charge is -2.42. The Labute approximate surface area is 444 Å². The molecule has 0 aliphatic carbocycles. The number of aryl methyl sites for hydroxylation is 4. The monoisotopic (exact) mass is 1010 g/mol. The summed E-state index contributed by atoms with van der Waals surface area (Å²) in [5, 5.41) is 24.5. The van der Waals surface area contributed by atoms with Gasteiger partial charge in [-0.25, -0.2) is 15.0 Å². The Morgan fingerprint density at radius 1 is 0.397 bits per heavy atom. The minimum absolute atomic E-state index is 0.0916. The van der Waals surface area contributed by atoms with E-state index in [-0.39, 0.29) is 11.5 Å².